The summed E-state index contributed by atoms with van der Waals surface area (Å²) in [7, 11) is 0. The zero-order valence-electron chi connectivity index (χ0n) is 10.4. The van der Waals surface area contributed by atoms with Crippen LogP contribution < -0.4 is 10.5 Å². The maximum Gasteiger partial charge on any atom is 0.419 e. The van der Waals surface area contributed by atoms with E-state index in [-0.39, 0.29) is 31.4 Å². The number of nitrogens with two attached hydrogens (primary N) is 1. The molecule has 7 heteroatoms. The number of alkyl halides is 3. The monoisotopic (exact) mass is 299 g/mol. The van der Waals surface area contributed by atoms with Gasteiger partial charge in [-0.3, -0.25) is 0 Å². The van der Waals surface area contributed by atoms with Gasteiger partial charge >= 0.3 is 6.18 Å². The van der Waals surface area contributed by atoms with Crippen LogP contribution in [0.1, 0.15) is 30.5 Å². The molecule has 0 bridgehead atoms. The average molecular weight is 300 g/mol. The molecule has 1 rings (SSSR count). The number of hydrogen-bond donors (Lipinski definition) is 2. The van der Waals surface area contributed by atoms with Crippen LogP contribution in [0.4, 0.5) is 13.2 Å². The fraction of sp³-hybridized carbons (Fsp3) is 0.500. The molecular formula is C12H17ClF3NO2. The third kappa shape index (κ3) is 4.56. The van der Waals surface area contributed by atoms with Crippen molar-refractivity contribution in [2.75, 3.05) is 13.2 Å². The first kappa shape index (κ1) is 18.0. The van der Waals surface area contributed by atoms with E-state index in [2.05, 4.69) is 0 Å². The lowest BCUT2D eigenvalue weighted by molar-refractivity contribution is -0.139. The molecule has 1 atom stereocenters. The van der Waals surface area contributed by atoms with Crippen LogP contribution in [0.25, 0.3) is 0 Å². The molecule has 0 radical (unpaired) electrons. The Kier molecular flexibility index (Phi) is 7.18. The maximum absolute atomic E-state index is 12.8. The Morgan fingerprint density at radius 3 is 2.47 bits per heavy atom. The van der Waals surface area contributed by atoms with Crippen LogP contribution in [-0.2, 0) is 6.18 Å². The van der Waals surface area contributed by atoms with Crippen molar-refractivity contribution < 1.29 is 23.0 Å². The lowest BCUT2D eigenvalue weighted by Crippen LogP contribution is -2.16. The zero-order chi connectivity index (χ0) is 13.8. The van der Waals surface area contributed by atoms with Crippen LogP contribution in [0.15, 0.2) is 18.2 Å². The molecule has 0 aromatic heterocycles. The van der Waals surface area contributed by atoms with E-state index >= 15 is 0 Å². The smallest absolute Gasteiger partial charge is 0.419 e. The van der Waals surface area contributed by atoms with Gasteiger partial charge in [0.05, 0.1) is 12.2 Å². The molecule has 0 aliphatic heterocycles. The third-order valence-electron chi connectivity index (χ3n) is 2.53. The molecule has 1 aromatic rings. The fourth-order valence-electron chi connectivity index (χ4n) is 1.60. The van der Waals surface area contributed by atoms with Crippen LogP contribution in [0.5, 0.6) is 5.75 Å². The number of benzene rings is 1. The summed E-state index contributed by atoms with van der Waals surface area (Å²) >= 11 is 0. The molecule has 0 saturated heterocycles. The van der Waals surface area contributed by atoms with Crippen LogP contribution >= 0.6 is 12.4 Å². The van der Waals surface area contributed by atoms with Crippen molar-refractivity contribution in [1.29, 1.82) is 0 Å². The second-order valence-electron chi connectivity index (χ2n) is 3.81. The molecule has 0 amide bonds. The summed E-state index contributed by atoms with van der Waals surface area (Å²) in [6, 6.07) is 3.23. The number of aliphatic hydroxyl groups excluding tert-OH is 1. The van der Waals surface area contributed by atoms with E-state index < -0.39 is 17.8 Å². The van der Waals surface area contributed by atoms with Crippen molar-refractivity contribution >= 4 is 12.4 Å². The molecule has 0 spiro atoms. The minimum Gasteiger partial charge on any atom is -0.490 e. The highest BCUT2D eigenvalue weighted by molar-refractivity contribution is 5.85. The number of ether oxygens (including phenoxy) is 1. The topological polar surface area (TPSA) is 55.5 Å². The molecule has 1 aromatic carbocycles. The van der Waals surface area contributed by atoms with Gasteiger partial charge in [0.2, 0.25) is 0 Å². The first-order valence-electron chi connectivity index (χ1n) is 5.61. The molecular weight excluding hydrogens is 283 g/mol. The lowest BCUT2D eigenvalue weighted by Gasteiger charge is -2.20. The first-order chi connectivity index (χ1) is 8.41. The molecule has 0 aliphatic carbocycles. The molecule has 0 fully saturated rings. The van der Waals surface area contributed by atoms with Gasteiger partial charge < -0.3 is 15.6 Å². The van der Waals surface area contributed by atoms with Gasteiger partial charge in [-0.25, -0.2) is 0 Å². The van der Waals surface area contributed by atoms with Gasteiger partial charge in [0.25, 0.3) is 0 Å². The molecule has 19 heavy (non-hydrogen) atoms. The Balaban J connectivity index is 0.00000324. The van der Waals surface area contributed by atoms with Gasteiger partial charge in [-0.05, 0) is 12.5 Å². The Bertz CT molecular complexity index is 399. The van der Waals surface area contributed by atoms with E-state index in [0.29, 0.717) is 12.0 Å². The molecule has 3 N–H and O–H groups in total. The quantitative estimate of drug-likeness (QED) is 0.879. The van der Waals surface area contributed by atoms with Crippen molar-refractivity contribution in [2.24, 2.45) is 5.73 Å². The largest absolute Gasteiger partial charge is 0.490 e. The number of para-hydroxylation sites is 1. The third-order valence-corrected chi connectivity index (χ3v) is 2.53. The Hall–Kier alpha value is -0.980. The van der Waals surface area contributed by atoms with Gasteiger partial charge in [0.15, 0.2) is 0 Å². The summed E-state index contributed by atoms with van der Waals surface area (Å²) in [6.45, 7) is 1.23. The summed E-state index contributed by atoms with van der Waals surface area (Å²) in [5, 5.41) is 8.67. The predicted molar refractivity (Wildman–Crippen MR) is 68.5 cm³/mol. The second kappa shape index (κ2) is 7.57. The summed E-state index contributed by atoms with van der Waals surface area (Å²) in [5.41, 5.74) is 5.21. The van der Waals surface area contributed by atoms with Gasteiger partial charge in [-0.1, -0.05) is 19.1 Å². The van der Waals surface area contributed by atoms with Crippen molar-refractivity contribution in [3.8, 4) is 5.75 Å². The van der Waals surface area contributed by atoms with Gasteiger partial charge in [0, 0.05) is 11.6 Å². The van der Waals surface area contributed by atoms with E-state index in [1.165, 1.54) is 12.1 Å². The van der Waals surface area contributed by atoms with Crippen molar-refractivity contribution in [1.82, 2.24) is 0 Å². The molecule has 0 heterocycles. The Morgan fingerprint density at radius 2 is 2.00 bits per heavy atom. The second-order valence-corrected chi connectivity index (χ2v) is 3.81. The van der Waals surface area contributed by atoms with E-state index in [9.17, 15) is 13.2 Å². The number of aliphatic hydroxyl groups is 1. The lowest BCUT2D eigenvalue weighted by atomic mass is 10.0. The Morgan fingerprint density at radius 1 is 1.37 bits per heavy atom. The number of halogens is 4. The highest BCUT2D eigenvalue weighted by Gasteiger charge is 2.35. The van der Waals surface area contributed by atoms with Crippen molar-refractivity contribution in [2.45, 2.75) is 25.6 Å². The predicted octanol–water partition coefficient (Wildman–Crippen LogP) is 2.91. The van der Waals surface area contributed by atoms with Crippen molar-refractivity contribution in [3.05, 3.63) is 29.3 Å². The summed E-state index contributed by atoms with van der Waals surface area (Å²) in [5.74, 6) is -0.284. The minimum absolute atomic E-state index is 0. The molecule has 3 nitrogen and oxygen atoms in total. The molecule has 0 aliphatic rings. The van der Waals surface area contributed by atoms with Crippen LogP contribution in [-0.4, -0.2) is 18.3 Å². The van der Waals surface area contributed by atoms with Crippen molar-refractivity contribution in [3.63, 3.8) is 0 Å². The van der Waals surface area contributed by atoms with Gasteiger partial charge in [-0.2, -0.15) is 13.2 Å². The van der Waals surface area contributed by atoms with Gasteiger partial charge in [-0.15, -0.1) is 12.4 Å². The highest BCUT2D eigenvalue weighted by atomic mass is 35.5. The standard InChI is InChI=1S/C12H16F3NO2.ClH/c1-2-10(16)8-4-3-5-9(12(13,14)15)11(8)18-7-6-17;/h3-5,10,17H,2,6-7,16H2,1H3;1H/t10-;/m1./s1. The Labute approximate surface area is 116 Å². The van der Waals surface area contributed by atoms with E-state index in [0.717, 1.165) is 6.07 Å². The summed E-state index contributed by atoms with van der Waals surface area (Å²) < 4.78 is 43.5. The average Bonchev–Trinajstić information content (AvgIpc) is 2.33. The van der Waals surface area contributed by atoms with Crippen LogP contribution in [0, 0.1) is 0 Å². The van der Waals surface area contributed by atoms with Crippen LogP contribution in [0.2, 0.25) is 0 Å². The summed E-state index contributed by atoms with van der Waals surface area (Å²) in [4.78, 5) is 0. The summed E-state index contributed by atoms with van der Waals surface area (Å²) in [6.07, 6.45) is -4.01. The zero-order valence-corrected chi connectivity index (χ0v) is 11.2. The first-order valence-corrected chi connectivity index (χ1v) is 5.61. The maximum atomic E-state index is 12.8. The number of rotatable bonds is 5. The van der Waals surface area contributed by atoms with Crippen LogP contribution in [0.3, 0.4) is 0 Å². The fourth-order valence-corrected chi connectivity index (χ4v) is 1.60. The van der Waals surface area contributed by atoms with E-state index in [1.54, 1.807) is 6.92 Å². The SMILES string of the molecule is CC[C@@H](N)c1cccc(C(F)(F)F)c1OCCO.Cl. The highest BCUT2D eigenvalue weighted by Crippen LogP contribution is 2.40. The molecule has 0 saturated carbocycles. The minimum atomic E-state index is -4.51. The van der Waals surface area contributed by atoms with Gasteiger partial charge in [0.1, 0.15) is 12.4 Å². The molecule has 0 unspecified atom stereocenters. The normalized spacial score (nSPS) is 12.7. The molecule has 110 valence electrons. The van der Waals surface area contributed by atoms with E-state index in [4.69, 9.17) is 15.6 Å². The van der Waals surface area contributed by atoms with E-state index in [1.807, 2.05) is 0 Å². The number of hydrogen-bond acceptors (Lipinski definition) is 3.